The number of fused-ring (bicyclic) bond motifs is 2. The van der Waals surface area contributed by atoms with Gasteiger partial charge in [0.15, 0.2) is 11.6 Å². The fourth-order valence-electron chi connectivity index (χ4n) is 3.08. The van der Waals surface area contributed by atoms with Crippen molar-refractivity contribution < 1.29 is 8.83 Å². The highest BCUT2D eigenvalue weighted by Gasteiger charge is 2.19. The van der Waals surface area contributed by atoms with E-state index in [2.05, 4.69) is 4.98 Å². The molecule has 0 saturated heterocycles. The Labute approximate surface area is 155 Å². The average Bonchev–Trinajstić information content (AvgIpc) is 3.38. The van der Waals surface area contributed by atoms with Crippen LogP contribution in [0.4, 0.5) is 0 Å². The molecule has 5 aromatic rings. The molecule has 7 heteroatoms. The molecule has 0 aliphatic carbocycles. The van der Waals surface area contributed by atoms with Crippen LogP contribution in [0.15, 0.2) is 79.5 Å². The van der Waals surface area contributed by atoms with Gasteiger partial charge in [-0.1, -0.05) is 12.1 Å². The van der Waals surface area contributed by atoms with Gasteiger partial charge in [0.1, 0.15) is 16.0 Å². The summed E-state index contributed by atoms with van der Waals surface area (Å²) in [6.07, 6.45) is 3.06. The SMILES string of the molecule is O=c1c2ccccc2sc2nc(-c3ccco3)n(Cc3ccco3)c(=O)c12. The highest BCUT2D eigenvalue weighted by Crippen LogP contribution is 2.25. The molecule has 0 spiro atoms. The van der Waals surface area contributed by atoms with Crippen LogP contribution in [0.25, 0.3) is 31.9 Å². The van der Waals surface area contributed by atoms with Gasteiger partial charge in [-0.2, -0.15) is 0 Å². The summed E-state index contributed by atoms with van der Waals surface area (Å²) in [6, 6.07) is 14.2. The van der Waals surface area contributed by atoms with Crippen molar-refractivity contribution >= 4 is 31.6 Å². The Morgan fingerprint density at radius 1 is 0.963 bits per heavy atom. The molecule has 0 atom stereocenters. The van der Waals surface area contributed by atoms with Gasteiger partial charge in [-0.05, 0) is 36.4 Å². The van der Waals surface area contributed by atoms with E-state index in [1.807, 2.05) is 12.1 Å². The molecule has 6 nitrogen and oxygen atoms in total. The monoisotopic (exact) mass is 376 g/mol. The minimum atomic E-state index is -0.408. The average molecular weight is 376 g/mol. The molecule has 1 aromatic carbocycles. The Kier molecular flexibility index (Phi) is 3.54. The van der Waals surface area contributed by atoms with Crippen LogP contribution in [0.3, 0.4) is 0 Å². The lowest BCUT2D eigenvalue weighted by molar-refractivity contribution is 0.487. The van der Waals surface area contributed by atoms with E-state index >= 15 is 0 Å². The van der Waals surface area contributed by atoms with E-state index in [0.29, 0.717) is 27.6 Å². The molecule has 27 heavy (non-hydrogen) atoms. The molecule has 0 fully saturated rings. The van der Waals surface area contributed by atoms with Crippen molar-refractivity contribution in [2.24, 2.45) is 0 Å². The summed E-state index contributed by atoms with van der Waals surface area (Å²) in [7, 11) is 0. The first-order valence-corrected chi connectivity index (χ1v) is 9.06. The number of nitrogens with zero attached hydrogens (tertiary/aromatic N) is 2. The summed E-state index contributed by atoms with van der Waals surface area (Å²) in [6.45, 7) is 0.155. The molecule has 5 rings (SSSR count). The lowest BCUT2D eigenvalue weighted by Crippen LogP contribution is -2.27. The quantitative estimate of drug-likeness (QED) is 0.447. The third-order valence-corrected chi connectivity index (χ3v) is 5.40. The zero-order chi connectivity index (χ0) is 18.4. The van der Waals surface area contributed by atoms with Gasteiger partial charge in [0.05, 0.1) is 19.1 Å². The third-order valence-electron chi connectivity index (χ3n) is 4.34. The second-order valence-corrected chi connectivity index (χ2v) is 7.02. The second kappa shape index (κ2) is 6.07. The van der Waals surface area contributed by atoms with Gasteiger partial charge in [-0.3, -0.25) is 14.2 Å². The maximum Gasteiger partial charge on any atom is 0.267 e. The van der Waals surface area contributed by atoms with Crippen LogP contribution in [0.1, 0.15) is 5.76 Å². The molecule has 0 amide bonds. The predicted octanol–water partition coefficient (Wildman–Crippen LogP) is 3.87. The van der Waals surface area contributed by atoms with E-state index in [4.69, 9.17) is 8.83 Å². The molecule has 0 aliphatic rings. The molecule has 4 heterocycles. The molecule has 0 N–H and O–H groups in total. The Balaban J connectivity index is 1.90. The number of furan rings is 2. The lowest BCUT2D eigenvalue weighted by Gasteiger charge is -2.11. The topological polar surface area (TPSA) is 78.2 Å². The van der Waals surface area contributed by atoms with Crippen LogP contribution in [0, 0.1) is 0 Å². The first-order chi connectivity index (χ1) is 13.2. The molecule has 0 unspecified atom stereocenters. The van der Waals surface area contributed by atoms with E-state index in [1.165, 1.54) is 28.4 Å². The van der Waals surface area contributed by atoms with Crippen molar-refractivity contribution in [3.05, 3.63) is 87.4 Å². The highest BCUT2D eigenvalue weighted by atomic mass is 32.1. The number of hydrogen-bond donors (Lipinski definition) is 0. The van der Waals surface area contributed by atoms with Crippen LogP contribution in [-0.4, -0.2) is 9.55 Å². The van der Waals surface area contributed by atoms with Crippen molar-refractivity contribution in [1.29, 1.82) is 0 Å². The van der Waals surface area contributed by atoms with E-state index in [1.54, 1.807) is 36.4 Å². The maximum absolute atomic E-state index is 13.3. The summed E-state index contributed by atoms with van der Waals surface area (Å²) in [4.78, 5) is 31.3. The number of rotatable bonds is 3. The summed E-state index contributed by atoms with van der Waals surface area (Å²) in [5, 5.41) is 0.602. The van der Waals surface area contributed by atoms with Crippen molar-refractivity contribution in [3.63, 3.8) is 0 Å². The number of hydrogen-bond acceptors (Lipinski definition) is 6. The smallest absolute Gasteiger partial charge is 0.267 e. The van der Waals surface area contributed by atoms with Gasteiger partial charge in [0.2, 0.25) is 5.43 Å². The van der Waals surface area contributed by atoms with E-state index < -0.39 is 5.56 Å². The van der Waals surface area contributed by atoms with E-state index in [-0.39, 0.29) is 17.4 Å². The predicted molar refractivity (Wildman–Crippen MR) is 103 cm³/mol. The summed E-state index contributed by atoms with van der Waals surface area (Å²) in [5.74, 6) is 1.40. The molecular weight excluding hydrogens is 364 g/mol. The Morgan fingerprint density at radius 3 is 2.56 bits per heavy atom. The van der Waals surface area contributed by atoms with Crippen molar-refractivity contribution in [3.8, 4) is 11.6 Å². The van der Waals surface area contributed by atoms with Gasteiger partial charge in [-0.25, -0.2) is 4.98 Å². The second-order valence-electron chi connectivity index (χ2n) is 5.99. The summed E-state index contributed by atoms with van der Waals surface area (Å²) in [5.41, 5.74) is -0.717. The summed E-state index contributed by atoms with van der Waals surface area (Å²) >= 11 is 1.32. The molecular formula is C20H12N2O4S. The van der Waals surface area contributed by atoms with Gasteiger partial charge in [0, 0.05) is 10.1 Å². The molecule has 0 bridgehead atoms. The molecule has 4 aromatic heterocycles. The summed E-state index contributed by atoms with van der Waals surface area (Å²) < 4.78 is 13.1. The van der Waals surface area contributed by atoms with Crippen molar-refractivity contribution in [2.45, 2.75) is 6.54 Å². The Morgan fingerprint density at radius 2 is 1.78 bits per heavy atom. The minimum absolute atomic E-state index is 0.0839. The van der Waals surface area contributed by atoms with E-state index in [9.17, 15) is 9.59 Å². The van der Waals surface area contributed by atoms with Crippen molar-refractivity contribution in [2.75, 3.05) is 0 Å². The van der Waals surface area contributed by atoms with Gasteiger partial charge >= 0.3 is 0 Å². The van der Waals surface area contributed by atoms with Gasteiger partial charge in [0.25, 0.3) is 5.56 Å². The molecule has 0 radical (unpaired) electrons. The zero-order valence-electron chi connectivity index (χ0n) is 13.9. The Hall–Kier alpha value is -3.45. The fraction of sp³-hybridized carbons (Fsp3) is 0.0500. The van der Waals surface area contributed by atoms with Gasteiger partial charge < -0.3 is 8.83 Å². The normalized spacial score (nSPS) is 11.4. The fourth-order valence-corrected chi connectivity index (χ4v) is 4.12. The van der Waals surface area contributed by atoms with Crippen LogP contribution in [-0.2, 0) is 6.54 Å². The highest BCUT2D eigenvalue weighted by molar-refractivity contribution is 7.24. The van der Waals surface area contributed by atoms with E-state index in [0.717, 1.165) is 4.70 Å². The van der Waals surface area contributed by atoms with Crippen molar-refractivity contribution in [1.82, 2.24) is 9.55 Å². The number of aromatic nitrogens is 2. The molecule has 0 saturated carbocycles. The van der Waals surface area contributed by atoms with Crippen LogP contribution in [0.2, 0.25) is 0 Å². The van der Waals surface area contributed by atoms with Crippen LogP contribution >= 0.6 is 11.3 Å². The Bertz CT molecular complexity index is 1380. The first-order valence-electron chi connectivity index (χ1n) is 8.25. The zero-order valence-corrected chi connectivity index (χ0v) is 14.7. The molecule has 0 aliphatic heterocycles. The maximum atomic E-state index is 13.3. The largest absolute Gasteiger partial charge is 0.467 e. The number of benzene rings is 1. The lowest BCUT2D eigenvalue weighted by atomic mass is 10.2. The third kappa shape index (κ3) is 2.51. The molecule has 132 valence electrons. The van der Waals surface area contributed by atoms with Crippen LogP contribution in [0.5, 0.6) is 0 Å². The standard InChI is InChI=1S/C20H12N2O4S/c23-17-13-6-1-2-8-15(13)27-19-16(17)20(24)22(11-12-5-3-9-25-12)18(21-19)14-7-4-10-26-14/h1-10H,11H2. The van der Waals surface area contributed by atoms with Gasteiger partial charge in [-0.15, -0.1) is 11.3 Å². The minimum Gasteiger partial charge on any atom is -0.467 e. The van der Waals surface area contributed by atoms with Crippen LogP contribution < -0.4 is 11.0 Å². The first kappa shape index (κ1) is 15.8.